The van der Waals surface area contributed by atoms with Gasteiger partial charge in [0.1, 0.15) is 5.75 Å². The van der Waals surface area contributed by atoms with Crippen molar-refractivity contribution >= 4 is 17.0 Å². The molecule has 1 N–H and O–H groups in total. The van der Waals surface area contributed by atoms with Gasteiger partial charge in [-0.25, -0.2) is 0 Å². The van der Waals surface area contributed by atoms with Gasteiger partial charge >= 0.3 is 0 Å². The van der Waals surface area contributed by atoms with Gasteiger partial charge in [-0.05, 0) is 29.7 Å². The zero-order chi connectivity index (χ0) is 13.6. The first-order valence-corrected chi connectivity index (χ1v) is 6.54. The Balaban J connectivity index is 0.000000123. The van der Waals surface area contributed by atoms with Gasteiger partial charge in [0.2, 0.25) is 0 Å². The lowest BCUT2D eigenvalue weighted by Crippen LogP contribution is -1.82. The van der Waals surface area contributed by atoms with Gasteiger partial charge in [-0.15, -0.1) is 0 Å². The molecule has 0 radical (unpaired) electrons. The molecule has 2 nitrogen and oxygen atoms in total. The molecule has 1 aliphatic heterocycles. The Morgan fingerprint density at radius 1 is 0.800 bits per heavy atom. The number of fused-ring (bicyclic) bond motifs is 2. The number of aromatic amines is 1. The maximum atomic E-state index is 5.31. The molecule has 1 aromatic heterocycles. The molecule has 2 aromatic carbocycles. The average molecular weight is 261 g/mol. The van der Waals surface area contributed by atoms with Crippen LogP contribution in [0, 0.1) is 0 Å². The van der Waals surface area contributed by atoms with Crippen molar-refractivity contribution in [3.63, 3.8) is 0 Å². The Kier molecular flexibility index (Phi) is 3.65. The zero-order valence-corrected chi connectivity index (χ0v) is 11.0. The summed E-state index contributed by atoms with van der Waals surface area (Å²) in [5.74, 6) is 0.914. The zero-order valence-electron chi connectivity index (χ0n) is 11.0. The van der Waals surface area contributed by atoms with Gasteiger partial charge in [0.25, 0.3) is 0 Å². The van der Waals surface area contributed by atoms with Crippen LogP contribution in [0.3, 0.4) is 0 Å². The number of ether oxygens (including phenoxy) is 1. The standard InChI is InChI=1S/C10H8O.C8H7N/c1-2-7-10-9(5-1)6-3-4-8-11-10;1-2-4-8-7(3-1)5-6-9-8/h1-8H;1-6,9H. The molecule has 98 valence electrons. The van der Waals surface area contributed by atoms with Gasteiger partial charge in [0.15, 0.2) is 0 Å². The molecule has 0 saturated heterocycles. The Bertz CT molecular complexity index is 722. The first-order chi connectivity index (χ1) is 9.93. The van der Waals surface area contributed by atoms with Crippen molar-refractivity contribution in [2.75, 3.05) is 0 Å². The van der Waals surface area contributed by atoms with E-state index in [0.717, 1.165) is 11.3 Å². The lowest BCUT2D eigenvalue weighted by Gasteiger charge is -2.00. The van der Waals surface area contributed by atoms with Crippen LogP contribution in [0.4, 0.5) is 0 Å². The molecular formula is C18H15NO. The van der Waals surface area contributed by atoms with Crippen LogP contribution in [0.25, 0.3) is 17.0 Å². The number of allylic oxidation sites excluding steroid dienone is 2. The van der Waals surface area contributed by atoms with Crippen LogP contribution >= 0.6 is 0 Å². The number of H-pyrrole nitrogens is 1. The average Bonchev–Trinajstić information content (AvgIpc) is 2.85. The monoisotopic (exact) mass is 261 g/mol. The van der Waals surface area contributed by atoms with E-state index in [1.807, 2.05) is 60.8 Å². The third-order valence-electron chi connectivity index (χ3n) is 3.04. The normalized spacial score (nSPS) is 12.0. The van der Waals surface area contributed by atoms with Crippen LogP contribution in [0.1, 0.15) is 5.56 Å². The van der Waals surface area contributed by atoms with Gasteiger partial charge in [0, 0.05) is 17.3 Å². The molecule has 0 aliphatic carbocycles. The third-order valence-corrected chi connectivity index (χ3v) is 3.04. The van der Waals surface area contributed by atoms with Crippen molar-refractivity contribution in [1.29, 1.82) is 0 Å². The molecule has 0 unspecified atom stereocenters. The van der Waals surface area contributed by atoms with Crippen molar-refractivity contribution in [2.24, 2.45) is 0 Å². The fourth-order valence-electron chi connectivity index (χ4n) is 2.04. The van der Waals surface area contributed by atoms with Crippen LogP contribution in [-0.2, 0) is 0 Å². The summed E-state index contributed by atoms with van der Waals surface area (Å²) in [5, 5.41) is 1.28. The molecule has 0 amide bonds. The largest absolute Gasteiger partial charge is 0.464 e. The van der Waals surface area contributed by atoms with Crippen LogP contribution in [-0.4, -0.2) is 4.98 Å². The minimum atomic E-state index is 0.914. The highest BCUT2D eigenvalue weighted by molar-refractivity contribution is 5.78. The van der Waals surface area contributed by atoms with E-state index in [4.69, 9.17) is 4.74 Å². The molecule has 0 spiro atoms. The number of aromatic nitrogens is 1. The van der Waals surface area contributed by atoms with Crippen LogP contribution in [0.2, 0.25) is 0 Å². The van der Waals surface area contributed by atoms with E-state index in [9.17, 15) is 0 Å². The molecule has 0 fully saturated rings. The lowest BCUT2D eigenvalue weighted by molar-refractivity contribution is 0.481. The number of para-hydroxylation sites is 2. The van der Waals surface area contributed by atoms with Crippen molar-refractivity contribution in [2.45, 2.75) is 0 Å². The smallest absolute Gasteiger partial charge is 0.133 e. The van der Waals surface area contributed by atoms with Crippen molar-refractivity contribution in [3.8, 4) is 5.75 Å². The molecule has 3 aromatic rings. The van der Waals surface area contributed by atoms with Gasteiger partial charge in [-0.3, -0.25) is 0 Å². The van der Waals surface area contributed by atoms with E-state index in [0.29, 0.717) is 0 Å². The van der Waals surface area contributed by atoms with Crippen molar-refractivity contribution in [3.05, 3.63) is 84.8 Å². The Labute approximate surface area is 118 Å². The fourth-order valence-corrected chi connectivity index (χ4v) is 2.04. The molecule has 4 rings (SSSR count). The molecule has 0 atom stereocenters. The molecule has 20 heavy (non-hydrogen) atoms. The van der Waals surface area contributed by atoms with E-state index < -0.39 is 0 Å². The highest BCUT2D eigenvalue weighted by Gasteiger charge is 1.98. The second kappa shape index (κ2) is 5.93. The summed E-state index contributed by atoms with van der Waals surface area (Å²) in [6.45, 7) is 0. The Morgan fingerprint density at radius 3 is 2.60 bits per heavy atom. The van der Waals surface area contributed by atoms with E-state index in [2.05, 4.69) is 23.2 Å². The highest BCUT2D eigenvalue weighted by atomic mass is 16.5. The number of rotatable bonds is 0. The fraction of sp³-hybridized carbons (Fsp3) is 0. The molecule has 0 saturated carbocycles. The second-order valence-electron chi connectivity index (χ2n) is 4.41. The number of hydrogen-bond donors (Lipinski definition) is 1. The summed E-state index contributed by atoms with van der Waals surface area (Å²) in [7, 11) is 0. The molecule has 2 heteroatoms. The summed E-state index contributed by atoms with van der Waals surface area (Å²) in [4.78, 5) is 3.12. The predicted octanol–water partition coefficient (Wildman–Crippen LogP) is 4.77. The minimum absolute atomic E-state index is 0.914. The quantitative estimate of drug-likeness (QED) is 0.619. The third kappa shape index (κ3) is 2.81. The van der Waals surface area contributed by atoms with Crippen LogP contribution < -0.4 is 4.74 Å². The molecule has 0 bridgehead atoms. The number of benzene rings is 2. The molecule has 1 aliphatic rings. The van der Waals surface area contributed by atoms with E-state index in [-0.39, 0.29) is 0 Å². The van der Waals surface area contributed by atoms with Crippen molar-refractivity contribution in [1.82, 2.24) is 4.98 Å². The molecule has 2 heterocycles. The lowest BCUT2D eigenvalue weighted by atomic mass is 10.2. The second-order valence-corrected chi connectivity index (χ2v) is 4.41. The summed E-state index contributed by atoms with van der Waals surface area (Å²) in [6, 6.07) is 18.2. The Hall–Kier alpha value is -2.74. The maximum absolute atomic E-state index is 5.31. The minimum Gasteiger partial charge on any atom is -0.464 e. The molecular weight excluding hydrogens is 246 g/mol. The highest BCUT2D eigenvalue weighted by Crippen LogP contribution is 2.21. The summed E-state index contributed by atoms with van der Waals surface area (Å²) < 4.78 is 5.31. The van der Waals surface area contributed by atoms with Gasteiger partial charge < -0.3 is 9.72 Å². The van der Waals surface area contributed by atoms with Gasteiger partial charge in [-0.2, -0.15) is 0 Å². The topological polar surface area (TPSA) is 25.0 Å². The van der Waals surface area contributed by atoms with E-state index in [1.165, 1.54) is 10.9 Å². The summed E-state index contributed by atoms with van der Waals surface area (Å²) >= 11 is 0. The van der Waals surface area contributed by atoms with Gasteiger partial charge in [-0.1, -0.05) is 48.6 Å². The number of nitrogens with one attached hydrogen (secondary N) is 1. The SMILES string of the molecule is C1=COc2ccccc2C=C1.c1ccc2[nH]ccc2c1. The first-order valence-electron chi connectivity index (χ1n) is 6.54. The summed E-state index contributed by atoms with van der Waals surface area (Å²) in [5.41, 5.74) is 2.33. The maximum Gasteiger partial charge on any atom is 0.133 e. The van der Waals surface area contributed by atoms with Gasteiger partial charge in [0.05, 0.1) is 6.26 Å². The van der Waals surface area contributed by atoms with Crippen LogP contribution in [0.15, 0.2) is 79.2 Å². The van der Waals surface area contributed by atoms with Crippen molar-refractivity contribution < 1.29 is 4.74 Å². The summed E-state index contributed by atoms with van der Waals surface area (Å²) in [6.07, 6.45) is 9.50. The van der Waals surface area contributed by atoms with E-state index in [1.54, 1.807) is 6.26 Å². The first kappa shape index (κ1) is 12.3. The predicted molar refractivity (Wildman–Crippen MR) is 83.5 cm³/mol. The Morgan fingerprint density at radius 2 is 1.65 bits per heavy atom. The van der Waals surface area contributed by atoms with Crippen LogP contribution in [0.5, 0.6) is 5.75 Å². The van der Waals surface area contributed by atoms with E-state index >= 15 is 0 Å². The number of hydrogen-bond acceptors (Lipinski definition) is 1.